The van der Waals surface area contributed by atoms with Gasteiger partial charge < -0.3 is 10.1 Å². The van der Waals surface area contributed by atoms with E-state index in [9.17, 15) is 9.59 Å². The quantitative estimate of drug-likeness (QED) is 0.453. The van der Waals surface area contributed by atoms with E-state index in [1.54, 1.807) is 0 Å². The fourth-order valence-corrected chi connectivity index (χ4v) is 1.30. The standard InChI is InChI=1S/C8H14N2O3/c1-7(9-8(12)6-11)10-2-4-13-5-3-10/h6-7H,2-5H2,1H3,(H,9,12). The molecule has 13 heavy (non-hydrogen) atoms. The average molecular weight is 186 g/mol. The molecule has 0 spiro atoms. The Morgan fingerprint density at radius 2 is 2.15 bits per heavy atom. The van der Waals surface area contributed by atoms with E-state index >= 15 is 0 Å². The predicted molar refractivity (Wildman–Crippen MR) is 46.1 cm³/mol. The second-order valence-electron chi connectivity index (χ2n) is 2.95. The first-order valence-corrected chi connectivity index (χ1v) is 4.31. The molecule has 1 N–H and O–H groups in total. The number of carbonyl (C=O) groups is 2. The molecule has 0 aromatic rings. The largest absolute Gasteiger partial charge is 0.379 e. The number of carbonyl (C=O) groups excluding carboxylic acids is 2. The molecule has 5 heteroatoms. The lowest BCUT2D eigenvalue weighted by atomic mass is 10.3. The lowest BCUT2D eigenvalue weighted by Gasteiger charge is -2.32. The molecule has 0 aromatic carbocycles. The molecular weight excluding hydrogens is 172 g/mol. The summed E-state index contributed by atoms with van der Waals surface area (Å²) >= 11 is 0. The first-order valence-electron chi connectivity index (χ1n) is 4.31. The maximum atomic E-state index is 10.7. The molecule has 1 aliphatic heterocycles. The summed E-state index contributed by atoms with van der Waals surface area (Å²) in [5.41, 5.74) is 0. The van der Waals surface area contributed by atoms with Crippen molar-refractivity contribution < 1.29 is 14.3 Å². The maximum Gasteiger partial charge on any atom is 0.285 e. The third-order valence-corrected chi connectivity index (χ3v) is 2.05. The second kappa shape index (κ2) is 4.94. The Balaban J connectivity index is 2.32. The van der Waals surface area contributed by atoms with Gasteiger partial charge in [0.25, 0.3) is 5.91 Å². The van der Waals surface area contributed by atoms with Crippen LogP contribution in [0.25, 0.3) is 0 Å². The van der Waals surface area contributed by atoms with Crippen molar-refractivity contribution in [1.29, 1.82) is 0 Å². The maximum absolute atomic E-state index is 10.7. The van der Waals surface area contributed by atoms with E-state index in [0.717, 1.165) is 13.1 Å². The molecule has 5 nitrogen and oxygen atoms in total. The highest BCUT2D eigenvalue weighted by Crippen LogP contribution is 2.00. The molecule has 1 fully saturated rings. The number of nitrogens with zero attached hydrogens (tertiary/aromatic N) is 1. The van der Waals surface area contributed by atoms with Crippen LogP contribution in [0.1, 0.15) is 6.92 Å². The number of rotatable bonds is 3. The minimum absolute atomic E-state index is 0.0957. The van der Waals surface area contributed by atoms with E-state index in [1.165, 1.54) is 0 Å². The summed E-state index contributed by atoms with van der Waals surface area (Å²) in [7, 11) is 0. The van der Waals surface area contributed by atoms with Crippen LogP contribution >= 0.6 is 0 Å². The van der Waals surface area contributed by atoms with Crippen molar-refractivity contribution in [1.82, 2.24) is 10.2 Å². The molecule has 0 aromatic heterocycles. The Hall–Kier alpha value is -0.940. The molecule has 1 aliphatic rings. The fourth-order valence-electron chi connectivity index (χ4n) is 1.30. The smallest absolute Gasteiger partial charge is 0.285 e. The van der Waals surface area contributed by atoms with Gasteiger partial charge in [0.1, 0.15) is 0 Å². The summed E-state index contributed by atoms with van der Waals surface area (Å²) in [6.07, 6.45) is 0.193. The Morgan fingerprint density at radius 1 is 1.54 bits per heavy atom. The van der Waals surface area contributed by atoms with Gasteiger partial charge in [-0.3, -0.25) is 14.5 Å². The Bertz CT molecular complexity index is 190. The van der Waals surface area contributed by atoms with Gasteiger partial charge in [-0.1, -0.05) is 0 Å². The van der Waals surface area contributed by atoms with Crippen molar-refractivity contribution in [2.45, 2.75) is 13.1 Å². The summed E-state index contributed by atoms with van der Waals surface area (Å²) in [4.78, 5) is 22.9. The molecule has 1 heterocycles. The first-order chi connectivity index (χ1) is 6.24. The van der Waals surface area contributed by atoms with Gasteiger partial charge in [-0.15, -0.1) is 0 Å². The predicted octanol–water partition coefficient (Wildman–Crippen LogP) is -1.02. The summed E-state index contributed by atoms with van der Waals surface area (Å²) in [6.45, 7) is 4.80. The molecule has 0 radical (unpaired) electrons. The van der Waals surface area contributed by atoms with Crippen molar-refractivity contribution in [3.05, 3.63) is 0 Å². The van der Waals surface area contributed by atoms with Crippen molar-refractivity contribution >= 4 is 12.2 Å². The lowest BCUT2D eigenvalue weighted by Crippen LogP contribution is -2.50. The minimum atomic E-state index is -0.570. The van der Waals surface area contributed by atoms with Crippen molar-refractivity contribution in [3.8, 4) is 0 Å². The first kappa shape index (κ1) is 10.1. The molecule has 1 rings (SSSR count). The van der Waals surface area contributed by atoms with Gasteiger partial charge in [-0.05, 0) is 6.92 Å². The third-order valence-electron chi connectivity index (χ3n) is 2.05. The third kappa shape index (κ3) is 3.12. The highest BCUT2D eigenvalue weighted by Gasteiger charge is 2.17. The van der Waals surface area contributed by atoms with E-state index in [-0.39, 0.29) is 12.5 Å². The SMILES string of the molecule is CC(NC(=O)C=O)N1CCOCC1. The van der Waals surface area contributed by atoms with E-state index in [4.69, 9.17) is 4.74 Å². The average Bonchev–Trinajstić information content (AvgIpc) is 2.19. The van der Waals surface area contributed by atoms with E-state index in [2.05, 4.69) is 10.2 Å². The Kier molecular flexibility index (Phi) is 3.85. The van der Waals surface area contributed by atoms with Gasteiger partial charge in [0.05, 0.1) is 19.4 Å². The highest BCUT2D eigenvalue weighted by molar-refractivity contribution is 6.23. The van der Waals surface area contributed by atoms with Crippen molar-refractivity contribution in [3.63, 3.8) is 0 Å². The molecular formula is C8H14N2O3. The monoisotopic (exact) mass is 186 g/mol. The molecule has 0 bridgehead atoms. The zero-order valence-electron chi connectivity index (χ0n) is 7.66. The van der Waals surface area contributed by atoms with Gasteiger partial charge in [0.15, 0.2) is 0 Å². The number of hydrogen-bond acceptors (Lipinski definition) is 4. The topological polar surface area (TPSA) is 58.6 Å². The molecule has 0 aliphatic carbocycles. The Morgan fingerprint density at radius 3 is 2.69 bits per heavy atom. The normalized spacial score (nSPS) is 20.7. The molecule has 1 unspecified atom stereocenters. The van der Waals surface area contributed by atoms with Gasteiger partial charge in [-0.2, -0.15) is 0 Å². The van der Waals surface area contributed by atoms with Crippen LogP contribution in [0.2, 0.25) is 0 Å². The summed E-state index contributed by atoms with van der Waals surface area (Å²) in [5, 5.41) is 2.56. The van der Waals surface area contributed by atoms with Crippen LogP contribution in [0.5, 0.6) is 0 Å². The number of aldehydes is 1. The Labute approximate surface area is 77.0 Å². The number of ether oxygens (including phenoxy) is 1. The van der Waals surface area contributed by atoms with Crippen LogP contribution in [-0.4, -0.2) is 49.6 Å². The number of hydrogen-bond donors (Lipinski definition) is 1. The summed E-state index contributed by atoms with van der Waals surface area (Å²) in [6, 6.07) is 0. The van der Waals surface area contributed by atoms with Gasteiger partial charge in [0.2, 0.25) is 6.29 Å². The highest BCUT2D eigenvalue weighted by atomic mass is 16.5. The molecule has 1 saturated heterocycles. The van der Waals surface area contributed by atoms with E-state index in [0.29, 0.717) is 13.2 Å². The summed E-state index contributed by atoms with van der Waals surface area (Å²) < 4.78 is 5.16. The number of amides is 1. The molecule has 1 amide bonds. The van der Waals surface area contributed by atoms with Gasteiger partial charge in [-0.25, -0.2) is 0 Å². The van der Waals surface area contributed by atoms with Crippen LogP contribution in [0.4, 0.5) is 0 Å². The lowest BCUT2D eigenvalue weighted by molar-refractivity contribution is -0.133. The van der Waals surface area contributed by atoms with Crippen LogP contribution in [-0.2, 0) is 14.3 Å². The summed E-state index contributed by atoms with van der Waals surface area (Å²) in [5.74, 6) is -0.570. The van der Waals surface area contributed by atoms with Gasteiger partial charge >= 0.3 is 0 Å². The molecule has 0 saturated carbocycles. The number of nitrogens with one attached hydrogen (secondary N) is 1. The van der Waals surface area contributed by atoms with Gasteiger partial charge in [0, 0.05) is 13.1 Å². The van der Waals surface area contributed by atoms with Crippen LogP contribution in [0.3, 0.4) is 0 Å². The van der Waals surface area contributed by atoms with Crippen molar-refractivity contribution in [2.75, 3.05) is 26.3 Å². The minimum Gasteiger partial charge on any atom is -0.379 e. The van der Waals surface area contributed by atoms with Crippen LogP contribution < -0.4 is 5.32 Å². The van der Waals surface area contributed by atoms with E-state index in [1.807, 2.05) is 6.92 Å². The zero-order chi connectivity index (χ0) is 9.68. The van der Waals surface area contributed by atoms with E-state index < -0.39 is 5.91 Å². The second-order valence-corrected chi connectivity index (χ2v) is 2.95. The molecule has 74 valence electrons. The van der Waals surface area contributed by atoms with Crippen LogP contribution in [0.15, 0.2) is 0 Å². The zero-order valence-corrected chi connectivity index (χ0v) is 7.66. The molecule has 1 atom stereocenters. The fraction of sp³-hybridized carbons (Fsp3) is 0.750. The number of morpholine rings is 1. The van der Waals surface area contributed by atoms with Crippen molar-refractivity contribution in [2.24, 2.45) is 0 Å². The van der Waals surface area contributed by atoms with Crippen LogP contribution in [0, 0.1) is 0 Å².